The SMILES string of the molecule is COc1ccc(NC(=O)/N=C(\N)C2CCCN(Cc3cccc(Cl)c3)C2)cc1. The smallest absolute Gasteiger partial charge is 0.347 e. The number of hydrogen-bond donors (Lipinski definition) is 2. The topological polar surface area (TPSA) is 79.9 Å². The highest BCUT2D eigenvalue weighted by molar-refractivity contribution is 6.30. The van der Waals surface area contributed by atoms with Crippen molar-refractivity contribution in [2.75, 3.05) is 25.5 Å². The van der Waals surface area contributed by atoms with E-state index in [2.05, 4.69) is 21.3 Å². The molecule has 148 valence electrons. The van der Waals surface area contributed by atoms with Gasteiger partial charge in [-0.3, -0.25) is 4.90 Å². The molecule has 7 heteroatoms. The Morgan fingerprint density at radius 1 is 1.32 bits per heavy atom. The summed E-state index contributed by atoms with van der Waals surface area (Å²) in [4.78, 5) is 18.6. The van der Waals surface area contributed by atoms with E-state index >= 15 is 0 Å². The molecule has 0 aromatic heterocycles. The predicted molar refractivity (Wildman–Crippen MR) is 113 cm³/mol. The molecule has 1 heterocycles. The monoisotopic (exact) mass is 400 g/mol. The highest BCUT2D eigenvalue weighted by atomic mass is 35.5. The number of likely N-dealkylation sites (tertiary alicyclic amines) is 1. The van der Waals surface area contributed by atoms with Crippen LogP contribution in [0.25, 0.3) is 0 Å². The van der Waals surface area contributed by atoms with Crippen LogP contribution in [0.1, 0.15) is 18.4 Å². The van der Waals surface area contributed by atoms with E-state index in [9.17, 15) is 4.79 Å². The Balaban J connectivity index is 1.57. The number of aliphatic imine (C=N–C) groups is 1. The Morgan fingerprint density at radius 3 is 2.82 bits per heavy atom. The molecule has 6 nitrogen and oxygen atoms in total. The van der Waals surface area contributed by atoms with Crippen LogP contribution in [0.4, 0.5) is 10.5 Å². The maximum absolute atomic E-state index is 12.2. The van der Waals surface area contributed by atoms with Crippen molar-refractivity contribution >= 4 is 29.2 Å². The molecule has 3 rings (SSSR count). The quantitative estimate of drug-likeness (QED) is 0.583. The first-order chi connectivity index (χ1) is 13.5. The van der Waals surface area contributed by atoms with Crippen LogP contribution >= 0.6 is 11.6 Å². The number of amidine groups is 1. The summed E-state index contributed by atoms with van der Waals surface area (Å²) < 4.78 is 5.10. The second-order valence-electron chi connectivity index (χ2n) is 6.90. The maximum atomic E-state index is 12.2. The van der Waals surface area contributed by atoms with Crippen molar-refractivity contribution in [3.05, 3.63) is 59.1 Å². The molecule has 1 atom stereocenters. The van der Waals surface area contributed by atoms with Gasteiger partial charge in [0, 0.05) is 29.7 Å². The molecule has 3 N–H and O–H groups in total. The number of carbonyl (C=O) groups is 1. The van der Waals surface area contributed by atoms with Crippen LogP contribution in [-0.2, 0) is 6.54 Å². The highest BCUT2D eigenvalue weighted by Crippen LogP contribution is 2.20. The molecule has 2 aromatic rings. The lowest BCUT2D eigenvalue weighted by Gasteiger charge is -2.32. The number of nitrogens with zero attached hydrogens (tertiary/aromatic N) is 2. The van der Waals surface area contributed by atoms with Crippen LogP contribution in [0.3, 0.4) is 0 Å². The number of halogens is 1. The van der Waals surface area contributed by atoms with Gasteiger partial charge in [-0.1, -0.05) is 23.7 Å². The zero-order valence-electron chi connectivity index (χ0n) is 15.9. The summed E-state index contributed by atoms with van der Waals surface area (Å²) in [6.45, 7) is 2.58. The average molecular weight is 401 g/mol. The lowest BCUT2D eigenvalue weighted by molar-refractivity contribution is 0.196. The fourth-order valence-corrected chi connectivity index (χ4v) is 3.58. The Kier molecular flexibility index (Phi) is 6.90. The summed E-state index contributed by atoms with van der Waals surface area (Å²) in [5.41, 5.74) is 7.96. The van der Waals surface area contributed by atoms with Gasteiger partial charge in [0.2, 0.25) is 0 Å². The standard InChI is InChI=1S/C21H25ClN4O2/c1-28-19-9-7-18(8-10-19)24-21(27)25-20(23)16-5-3-11-26(14-16)13-15-4-2-6-17(22)12-15/h2,4,6-10,12,16H,3,5,11,13-14H2,1H3,(H3,23,24,25,27). The van der Waals surface area contributed by atoms with Gasteiger partial charge in [-0.25, -0.2) is 4.79 Å². The number of carbonyl (C=O) groups excluding carboxylic acids is 1. The van der Waals surface area contributed by atoms with Crippen LogP contribution in [0, 0.1) is 5.92 Å². The molecule has 1 aliphatic rings. The Labute approximate surface area is 170 Å². The lowest BCUT2D eigenvalue weighted by atomic mass is 9.96. The van der Waals surface area contributed by atoms with E-state index < -0.39 is 6.03 Å². The van der Waals surface area contributed by atoms with E-state index in [0.717, 1.165) is 43.2 Å². The molecule has 0 spiro atoms. The highest BCUT2D eigenvalue weighted by Gasteiger charge is 2.23. The minimum absolute atomic E-state index is 0.0644. The van der Waals surface area contributed by atoms with E-state index in [1.807, 2.05) is 18.2 Å². The summed E-state index contributed by atoms with van der Waals surface area (Å²) in [7, 11) is 1.60. The minimum Gasteiger partial charge on any atom is -0.497 e. The van der Waals surface area contributed by atoms with Crippen molar-refractivity contribution in [3.63, 3.8) is 0 Å². The predicted octanol–water partition coefficient (Wildman–Crippen LogP) is 4.15. The maximum Gasteiger partial charge on any atom is 0.347 e. The molecule has 28 heavy (non-hydrogen) atoms. The number of amides is 2. The zero-order chi connectivity index (χ0) is 19.9. The molecular weight excluding hydrogens is 376 g/mol. The largest absolute Gasteiger partial charge is 0.497 e. The first-order valence-electron chi connectivity index (χ1n) is 9.29. The number of nitrogens with one attached hydrogen (secondary N) is 1. The first-order valence-corrected chi connectivity index (χ1v) is 9.67. The zero-order valence-corrected chi connectivity index (χ0v) is 16.7. The number of ether oxygens (including phenoxy) is 1. The van der Waals surface area contributed by atoms with Gasteiger partial charge >= 0.3 is 6.03 Å². The van der Waals surface area contributed by atoms with Gasteiger partial charge in [-0.05, 0) is 61.3 Å². The fraction of sp³-hybridized carbons (Fsp3) is 0.333. The molecule has 2 amide bonds. The lowest BCUT2D eigenvalue weighted by Crippen LogP contribution is -2.41. The Morgan fingerprint density at radius 2 is 2.11 bits per heavy atom. The van der Waals surface area contributed by atoms with Crippen LogP contribution in [0.2, 0.25) is 5.02 Å². The average Bonchev–Trinajstić information content (AvgIpc) is 2.68. The number of urea groups is 1. The van der Waals surface area contributed by atoms with Crippen LogP contribution in [0.5, 0.6) is 5.75 Å². The van der Waals surface area contributed by atoms with Gasteiger partial charge in [0.05, 0.1) is 7.11 Å². The summed E-state index contributed by atoms with van der Waals surface area (Å²) in [5.74, 6) is 1.17. The fourth-order valence-electron chi connectivity index (χ4n) is 3.37. The van der Waals surface area contributed by atoms with Gasteiger partial charge in [-0.2, -0.15) is 4.99 Å². The van der Waals surface area contributed by atoms with Crippen molar-refractivity contribution in [3.8, 4) is 5.75 Å². The van der Waals surface area contributed by atoms with Gasteiger partial charge in [-0.15, -0.1) is 0 Å². The van der Waals surface area contributed by atoms with Crippen molar-refractivity contribution in [2.24, 2.45) is 16.6 Å². The molecule has 1 aliphatic heterocycles. The Bertz CT molecular complexity index is 839. The number of nitrogens with two attached hydrogens (primary N) is 1. The van der Waals surface area contributed by atoms with Crippen molar-refractivity contribution in [1.29, 1.82) is 0 Å². The van der Waals surface area contributed by atoms with Gasteiger partial charge in [0.1, 0.15) is 11.6 Å². The molecule has 1 fully saturated rings. The van der Waals surface area contributed by atoms with E-state index in [1.165, 1.54) is 5.56 Å². The van der Waals surface area contributed by atoms with Crippen LogP contribution < -0.4 is 15.8 Å². The van der Waals surface area contributed by atoms with E-state index in [-0.39, 0.29) is 5.92 Å². The molecule has 0 aliphatic carbocycles. The summed E-state index contributed by atoms with van der Waals surface area (Å²) in [6.07, 6.45) is 1.94. The first kappa shape index (κ1) is 20.2. The molecule has 0 bridgehead atoms. The van der Waals surface area contributed by atoms with Crippen LogP contribution in [-0.4, -0.2) is 37.0 Å². The normalized spacial score (nSPS) is 17.9. The number of methoxy groups -OCH3 is 1. The summed E-state index contributed by atoms with van der Waals surface area (Å²) in [5, 5.41) is 3.47. The molecular formula is C21H25ClN4O2. The molecule has 0 radical (unpaired) electrons. The van der Waals surface area contributed by atoms with Crippen molar-refractivity contribution in [2.45, 2.75) is 19.4 Å². The van der Waals surface area contributed by atoms with Gasteiger partial charge in [0.25, 0.3) is 0 Å². The second kappa shape index (κ2) is 9.57. The third-order valence-electron chi connectivity index (χ3n) is 4.79. The number of hydrogen-bond acceptors (Lipinski definition) is 3. The van der Waals surface area contributed by atoms with Gasteiger partial charge < -0.3 is 15.8 Å². The molecule has 1 saturated heterocycles. The van der Waals surface area contributed by atoms with Crippen molar-refractivity contribution < 1.29 is 9.53 Å². The molecule has 1 unspecified atom stereocenters. The number of benzene rings is 2. The molecule has 0 saturated carbocycles. The third kappa shape index (κ3) is 5.71. The van der Waals surface area contributed by atoms with E-state index in [4.69, 9.17) is 22.1 Å². The number of rotatable bonds is 5. The number of anilines is 1. The number of piperidine rings is 1. The second-order valence-corrected chi connectivity index (χ2v) is 7.34. The Hall–Kier alpha value is -2.57. The van der Waals surface area contributed by atoms with Gasteiger partial charge in [0.15, 0.2) is 0 Å². The summed E-state index contributed by atoms with van der Waals surface area (Å²) >= 11 is 6.07. The third-order valence-corrected chi connectivity index (χ3v) is 5.03. The van der Waals surface area contributed by atoms with E-state index in [0.29, 0.717) is 11.5 Å². The van der Waals surface area contributed by atoms with Crippen molar-refractivity contribution in [1.82, 2.24) is 4.90 Å². The minimum atomic E-state index is -0.463. The molecule has 2 aromatic carbocycles. The van der Waals surface area contributed by atoms with E-state index in [1.54, 1.807) is 31.4 Å². The summed E-state index contributed by atoms with van der Waals surface area (Å²) in [6, 6.07) is 14.5. The van der Waals surface area contributed by atoms with Crippen LogP contribution in [0.15, 0.2) is 53.5 Å².